The Morgan fingerprint density at radius 2 is 2.13 bits per heavy atom. The summed E-state index contributed by atoms with van der Waals surface area (Å²) in [5.41, 5.74) is 5.65. The van der Waals surface area contributed by atoms with Gasteiger partial charge in [-0.2, -0.15) is 13.2 Å². The molecule has 31 heavy (non-hydrogen) atoms. The summed E-state index contributed by atoms with van der Waals surface area (Å²) < 4.78 is 65.5. The molecule has 3 rings (SSSR count). The number of allylic oxidation sites excluding steroid dienone is 2. The summed E-state index contributed by atoms with van der Waals surface area (Å²) in [4.78, 5) is 10.3. The van der Waals surface area contributed by atoms with Crippen LogP contribution in [-0.4, -0.2) is 12.9 Å². The van der Waals surface area contributed by atoms with Gasteiger partial charge < -0.3 is 9.47 Å². The Bertz CT molecular complexity index is 1200. The second kappa shape index (κ2) is 9.11. The van der Waals surface area contributed by atoms with E-state index in [9.17, 15) is 22.4 Å². The first-order chi connectivity index (χ1) is 14.7. The number of ether oxygens (including phenoxy) is 2. The molecule has 0 fully saturated rings. The summed E-state index contributed by atoms with van der Waals surface area (Å²) in [7, 11) is 0. The molecule has 0 N–H and O–H groups in total. The molecule has 1 aliphatic rings. The normalized spacial score (nSPS) is 12.3. The number of aldehydes is 1. The quantitative estimate of drug-likeness (QED) is 0.252. The van der Waals surface area contributed by atoms with E-state index >= 15 is 0 Å². The Kier molecular flexibility index (Phi) is 6.53. The topological polar surface area (TPSA) is 35.5 Å². The van der Waals surface area contributed by atoms with Gasteiger partial charge in [-0.05, 0) is 19.1 Å². The number of fused-ring (bicyclic) bond motifs is 1. The molecule has 1 aromatic carbocycles. The second-order valence-corrected chi connectivity index (χ2v) is 7.53. The first kappa shape index (κ1) is 22.2. The Hall–Kier alpha value is -3.49. The molecular formula is C23H14F4O3S. The van der Waals surface area contributed by atoms with E-state index in [4.69, 9.17) is 15.9 Å². The van der Waals surface area contributed by atoms with Crippen molar-refractivity contribution in [2.45, 2.75) is 19.7 Å². The van der Waals surface area contributed by atoms with E-state index < -0.39 is 16.9 Å². The maximum atomic E-state index is 14.3. The average molecular weight is 446 g/mol. The molecule has 3 nitrogen and oxygen atoms in total. The number of benzene rings is 1. The van der Waals surface area contributed by atoms with Crippen molar-refractivity contribution in [3.8, 4) is 23.8 Å². The van der Waals surface area contributed by atoms with Crippen LogP contribution in [0.2, 0.25) is 0 Å². The van der Waals surface area contributed by atoms with Crippen LogP contribution in [0.15, 0.2) is 41.3 Å². The highest BCUT2D eigenvalue weighted by Gasteiger charge is 2.36. The summed E-state index contributed by atoms with van der Waals surface area (Å²) in [5.74, 6) is 1.79. The van der Waals surface area contributed by atoms with Gasteiger partial charge in [-0.25, -0.2) is 4.39 Å². The molecule has 0 aliphatic carbocycles. The third-order valence-corrected chi connectivity index (χ3v) is 5.33. The Morgan fingerprint density at radius 3 is 2.81 bits per heavy atom. The van der Waals surface area contributed by atoms with Crippen LogP contribution in [0.4, 0.5) is 17.6 Å². The lowest BCUT2D eigenvalue weighted by atomic mass is 10.1. The standard InChI is InChI=1S/C23H14F4O3S/c1-3-4-5-6-14(2)18-10-17(31-22(18)23(25,26)27)13-29-16-8-20(24)19-7-15(11-28)12-30-21(19)9-16/h1,4,7-11H,12-13H2,2H3. The Balaban J connectivity index is 1.88. The van der Waals surface area contributed by atoms with Gasteiger partial charge in [-0.3, -0.25) is 4.79 Å². The van der Waals surface area contributed by atoms with E-state index in [0.29, 0.717) is 23.2 Å². The van der Waals surface area contributed by atoms with Gasteiger partial charge in [-0.15, -0.1) is 17.8 Å². The lowest BCUT2D eigenvalue weighted by Gasteiger charge is -2.17. The number of alkyl halides is 3. The second-order valence-electron chi connectivity index (χ2n) is 6.39. The van der Waals surface area contributed by atoms with Crippen molar-refractivity contribution in [2.24, 2.45) is 0 Å². The zero-order valence-electron chi connectivity index (χ0n) is 16.1. The van der Waals surface area contributed by atoms with Gasteiger partial charge in [0, 0.05) is 39.8 Å². The van der Waals surface area contributed by atoms with Crippen molar-refractivity contribution in [1.29, 1.82) is 0 Å². The Labute approximate surface area is 179 Å². The minimum Gasteiger partial charge on any atom is -0.488 e. The predicted molar refractivity (Wildman–Crippen MR) is 109 cm³/mol. The summed E-state index contributed by atoms with van der Waals surface area (Å²) in [6, 6.07) is 3.86. The van der Waals surface area contributed by atoms with Crippen molar-refractivity contribution in [3.63, 3.8) is 0 Å². The monoisotopic (exact) mass is 446 g/mol. The van der Waals surface area contributed by atoms with Crippen LogP contribution in [-0.2, 0) is 17.6 Å². The SMILES string of the molecule is C#CC=C=C=C(C)c1cc(COc2cc(F)c3c(c2)OCC(C=O)=C3)sc1C(F)(F)F. The van der Waals surface area contributed by atoms with Crippen LogP contribution in [0.25, 0.3) is 11.6 Å². The molecule has 0 bridgehead atoms. The van der Waals surface area contributed by atoms with E-state index in [0.717, 1.165) is 6.07 Å². The maximum Gasteiger partial charge on any atom is 0.426 e. The molecule has 0 spiro atoms. The van der Waals surface area contributed by atoms with E-state index in [1.807, 2.05) is 0 Å². The van der Waals surface area contributed by atoms with Gasteiger partial charge in [0.15, 0.2) is 0 Å². The molecule has 0 atom stereocenters. The fraction of sp³-hybridized carbons (Fsp3) is 0.174. The highest BCUT2D eigenvalue weighted by atomic mass is 32.1. The van der Waals surface area contributed by atoms with E-state index in [-0.39, 0.29) is 46.3 Å². The van der Waals surface area contributed by atoms with Crippen molar-refractivity contribution in [1.82, 2.24) is 0 Å². The number of carbonyl (C=O) groups is 1. The first-order valence-electron chi connectivity index (χ1n) is 8.81. The van der Waals surface area contributed by atoms with Crippen LogP contribution in [0.5, 0.6) is 11.5 Å². The molecule has 0 saturated heterocycles. The number of terminal acetylenes is 1. The van der Waals surface area contributed by atoms with Gasteiger partial charge in [0.05, 0.1) is 5.56 Å². The fourth-order valence-electron chi connectivity index (χ4n) is 2.78. The third-order valence-electron chi connectivity index (χ3n) is 4.18. The summed E-state index contributed by atoms with van der Waals surface area (Å²) in [6.07, 6.45) is 3.65. The minimum absolute atomic E-state index is 0.00409. The number of halogens is 4. The largest absolute Gasteiger partial charge is 0.488 e. The number of rotatable bonds is 5. The number of thiophene rings is 1. The molecular weight excluding hydrogens is 432 g/mol. The molecule has 2 aromatic rings. The first-order valence-corrected chi connectivity index (χ1v) is 9.62. The molecule has 0 amide bonds. The third kappa shape index (κ3) is 5.17. The number of hydrogen-bond donors (Lipinski definition) is 0. The summed E-state index contributed by atoms with van der Waals surface area (Å²) in [5, 5.41) is 0. The number of carbonyl (C=O) groups excluding carboxylic acids is 1. The van der Waals surface area contributed by atoms with Crippen molar-refractivity contribution >= 4 is 29.3 Å². The molecule has 0 saturated carbocycles. The lowest BCUT2D eigenvalue weighted by molar-refractivity contribution is -0.134. The van der Waals surface area contributed by atoms with Crippen LogP contribution >= 0.6 is 11.3 Å². The van der Waals surface area contributed by atoms with Crippen LogP contribution in [0, 0.1) is 18.2 Å². The van der Waals surface area contributed by atoms with E-state index in [2.05, 4.69) is 17.4 Å². The average Bonchev–Trinajstić information content (AvgIpc) is 3.17. The van der Waals surface area contributed by atoms with Crippen LogP contribution in [0.3, 0.4) is 0 Å². The van der Waals surface area contributed by atoms with Crippen LogP contribution in [0.1, 0.15) is 27.8 Å². The van der Waals surface area contributed by atoms with Crippen LogP contribution < -0.4 is 9.47 Å². The molecule has 1 aromatic heterocycles. The minimum atomic E-state index is -4.56. The smallest absolute Gasteiger partial charge is 0.426 e. The van der Waals surface area contributed by atoms with Gasteiger partial charge >= 0.3 is 6.18 Å². The molecule has 0 radical (unpaired) electrons. The van der Waals surface area contributed by atoms with Gasteiger partial charge in [-0.1, -0.05) is 17.4 Å². The maximum absolute atomic E-state index is 14.3. The highest BCUT2D eigenvalue weighted by Crippen LogP contribution is 2.41. The lowest BCUT2D eigenvalue weighted by Crippen LogP contribution is -2.09. The van der Waals surface area contributed by atoms with Gasteiger partial charge in [0.25, 0.3) is 0 Å². The zero-order chi connectivity index (χ0) is 22.6. The fourth-order valence-corrected chi connectivity index (χ4v) is 3.77. The van der Waals surface area contributed by atoms with Gasteiger partial charge in [0.1, 0.15) is 41.7 Å². The van der Waals surface area contributed by atoms with E-state index in [1.54, 1.807) is 0 Å². The van der Waals surface area contributed by atoms with Crippen molar-refractivity contribution < 1.29 is 31.8 Å². The molecule has 158 valence electrons. The molecule has 2 heterocycles. The highest BCUT2D eigenvalue weighted by molar-refractivity contribution is 7.12. The zero-order valence-corrected chi connectivity index (χ0v) is 16.9. The Morgan fingerprint density at radius 1 is 1.35 bits per heavy atom. The van der Waals surface area contributed by atoms with Crippen molar-refractivity contribution in [3.05, 3.63) is 68.0 Å². The number of hydrogen-bond acceptors (Lipinski definition) is 4. The van der Waals surface area contributed by atoms with E-state index in [1.165, 1.54) is 31.2 Å². The summed E-state index contributed by atoms with van der Waals surface area (Å²) in [6.45, 7) is 1.26. The molecule has 0 unspecified atom stereocenters. The molecule has 1 aliphatic heterocycles. The molecule has 8 heteroatoms. The predicted octanol–water partition coefficient (Wildman–Crippen LogP) is 5.81. The van der Waals surface area contributed by atoms with Gasteiger partial charge in [0.2, 0.25) is 0 Å². The van der Waals surface area contributed by atoms with Crippen molar-refractivity contribution in [2.75, 3.05) is 6.61 Å². The summed E-state index contributed by atoms with van der Waals surface area (Å²) >= 11 is 0.527.